The van der Waals surface area contributed by atoms with Gasteiger partial charge in [-0.3, -0.25) is 0 Å². The summed E-state index contributed by atoms with van der Waals surface area (Å²) in [5.41, 5.74) is 0. The van der Waals surface area contributed by atoms with E-state index in [1.54, 1.807) is 21.1 Å². The van der Waals surface area contributed by atoms with Gasteiger partial charge in [-0.2, -0.15) is 0 Å². The molecule has 0 aliphatic carbocycles. The summed E-state index contributed by atoms with van der Waals surface area (Å²) in [6.07, 6.45) is -0.833. The van der Waals surface area contributed by atoms with Gasteiger partial charge in [-0.15, -0.1) is 0 Å². The van der Waals surface area contributed by atoms with Crippen molar-refractivity contribution in [1.29, 1.82) is 0 Å². The van der Waals surface area contributed by atoms with Crippen LogP contribution in [0.1, 0.15) is 6.92 Å². The smallest absolute Gasteiger partial charge is 0.157 e. The molecule has 15 heavy (non-hydrogen) atoms. The van der Waals surface area contributed by atoms with E-state index in [0.29, 0.717) is 11.7 Å². The normalized spacial score (nSPS) is 35.4. The summed E-state index contributed by atoms with van der Waals surface area (Å²) in [6.45, 7) is 2.11. The molecule has 1 unspecified atom stereocenters. The van der Waals surface area contributed by atoms with Gasteiger partial charge >= 0.3 is 0 Å². The van der Waals surface area contributed by atoms with Crippen LogP contribution < -0.4 is 0 Å². The zero-order chi connectivity index (χ0) is 11.4. The van der Waals surface area contributed by atoms with Crippen molar-refractivity contribution in [3.63, 3.8) is 0 Å². The maximum Gasteiger partial charge on any atom is 0.157 e. The third-order valence-electron chi connectivity index (χ3n) is 2.25. The second kappa shape index (κ2) is 5.79. The molecule has 1 aliphatic heterocycles. The molecular formula is C9H15BO4S. The van der Waals surface area contributed by atoms with Gasteiger partial charge in [0, 0.05) is 21.1 Å². The molecule has 1 fully saturated rings. The monoisotopic (exact) mass is 230 g/mol. The van der Waals surface area contributed by atoms with Crippen LogP contribution in [-0.4, -0.2) is 58.0 Å². The molecule has 0 spiro atoms. The molecule has 0 aromatic carbocycles. The molecule has 0 saturated carbocycles. The number of thiocarbonyl (C=S) groups is 1. The second-order valence-electron chi connectivity index (χ2n) is 3.37. The molecule has 0 amide bonds. The summed E-state index contributed by atoms with van der Waals surface area (Å²) in [5.74, 6) is 0. The highest BCUT2D eigenvalue weighted by molar-refractivity contribution is 7.80. The number of ether oxygens (including phenoxy) is 4. The van der Waals surface area contributed by atoms with Crippen LogP contribution in [-0.2, 0) is 18.9 Å². The molecule has 0 bridgehead atoms. The zero-order valence-corrected chi connectivity index (χ0v) is 9.95. The van der Waals surface area contributed by atoms with E-state index in [1.807, 2.05) is 0 Å². The Morgan fingerprint density at radius 3 is 2.53 bits per heavy atom. The van der Waals surface area contributed by atoms with Gasteiger partial charge in [0.2, 0.25) is 0 Å². The number of hydrogen-bond acceptors (Lipinski definition) is 5. The number of methoxy groups -OCH3 is 2. The van der Waals surface area contributed by atoms with Gasteiger partial charge in [-0.05, 0) is 12.2 Å². The lowest BCUT2D eigenvalue weighted by Crippen LogP contribution is -2.39. The van der Waals surface area contributed by atoms with E-state index in [1.165, 1.54) is 0 Å². The molecule has 84 valence electrons. The van der Waals surface area contributed by atoms with Crippen LogP contribution in [0.15, 0.2) is 0 Å². The van der Waals surface area contributed by atoms with Crippen LogP contribution in [0.4, 0.5) is 0 Å². The Balaban J connectivity index is 2.64. The molecule has 6 heteroatoms. The maximum absolute atomic E-state index is 5.77. The lowest BCUT2D eigenvalue weighted by atomic mass is 9.93. The highest BCUT2D eigenvalue weighted by Gasteiger charge is 2.43. The molecule has 1 aliphatic rings. The molecule has 1 heterocycles. The first kappa shape index (κ1) is 12.9. The minimum atomic E-state index is -0.534. The fraction of sp³-hybridized carbons (Fsp3) is 0.889. The fourth-order valence-corrected chi connectivity index (χ4v) is 1.78. The van der Waals surface area contributed by atoms with Crippen molar-refractivity contribution in [1.82, 2.24) is 0 Å². The van der Waals surface area contributed by atoms with E-state index in [9.17, 15) is 0 Å². The van der Waals surface area contributed by atoms with Gasteiger partial charge in [-0.25, -0.2) is 0 Å². The van der Waals surface area contributed by atoms with Gasteiger partial charge in [0.05, 0.1) is 12.6 Å². The Kier molecular flexibility index (Phi) is 4.98. The number of hydrogen-bond donors (Lipinski definition) is 0. The second-order valence-corrected chi connectivity index (χ2v) is 3.94. The van der Waals surface area contributed by atoms with Crippen LogP contribution in [0.2, 0.25) is 0 Å². The average Bonchev–Trinajstić information content (AvgIpc) is 2.43. The standard InChI is InChI=1S/C9H15BO4S/c1-5(15)13-8-7(12-3)6(4-11-2)14-9(8)10/h6-9H,4H2,1-3H3/t6-,7?,8+,9-/m1/s1. The molecule has 4 atom stereocenters. The van der Waals surface area contributed by atoms with Crippen molar-refractivity contribution in [2.45, 2.75) is 31.2 Å². The van der Waals surface area contributed by atoms with Crippen LogP contribution >= 0.6 is 12.2 Å². The Hall–Kier alpha value is -0.165. The minimum Gasteiger partial charge on any atom is -0.480 e. The maximum atomic E-state index is 5.77. The van der Waals surface area contributed by atoms with E-state index in [2.05, 4.69) is 0 Å². The summed E-state index contributed by atoms with van der Waals surface area (Å²) in [5, 5.41) is 0.430. The third-order valence-corrected chi connectivity index (χ3v) is 2.35. The lowest BCUT2D eigenvalue weighted by molar-refractivity contribution is -0.0389. The van der Waals surface area contributed by atoms with Crippen LogP contribution in [0.3, 0.4) is 0 Å². The van der Waals surface area contributed by atoms with Crippen molar-refractivity contribution < 1.29 is 18.9 Å². The van der Waals surface area contributed by atoms with E-state index in [4.69, 9.17) is 39.0 Å². The first-order chi connectivity index (χ1) is 7.10. The first-order valence-electron chi connectivity index (χ1n) is 4.70. The zero-order valence-electron chi connectivity index (χ0n) is 9.14. The molecule has 2 radical (unpaired) electrons. The largest absolute Gasteiger partial charge is 0.480 e. The quantitative estimate of drug-likeness (QED) is 0.512. The SMILES string of the molecule is [B][C@@H]1O[C@H](COC)C(OC)[C@@H]1OC(C)=S. The van der Waals surface area contributed by atoms with Crippen molar-refractivity contribution in [2.75, 3.05) is 20.8 Å². The molecule has 0 aromatic heterocycles. The predicted octanol–water partition coefficient (Wildman–Crippen LogP) is 0.274. The topological polar surface area (TPSA) is 36.9 Å². The van der Waals surface area contributed by atoms with E-state index in [-0.39, 0.29) is 18.3 Å². The Morgan fingerprint density at radius 2 is 2.07 bits per heavy atom. The average molecular weight is 230 g/mol. The molecule has 4 nitrogen and oxygen atoms in total. The molecular weight excluding hydrogens is 215 g/mol. The van der Waals surface area contributed by atoms with E-state index in [0.717, 1.165) is 0 Å². The summed E-state index contributed by atoms with van der Waals surface area (Å²) >= 11 is 4.87. The number of rotatable bonds is 4. The Morgan fingerprint density at radius 1 is 1.40 bits per heavy atom. The van der Waals surface area contributed by atoms with E-state index >= 15 is 0 Å². The van der Waals surface area contributed by atoms with Gasteiger partial charge in [-0.1, -0.05) is 0 Å². The lowest BCUT2D eigenvalue weighted by Gasteiger charge is -2.22. The highest BCUT2D eigenvalue weighted by Crippen LogP contribution is 2.25. The Labute approximate surface area is 96.6 Å². The molecule has 1 saturated heterocycles. The van der Waals surface area contributed by atoms with Crippen LogP contribution in [0, 0.1) is 0 Å². The van der Waals surface area contributed by atoms with Crippen molar-refractivity contribution >= 4 is 25.1 Å². The molecule has 0 aromatic rings. The fourth-order valence-electron chi connectivity index (χ4n) is 1.67. The van der Waals surface area contributed by atoms with Crippen molar-refractivity contribution in [3.05, 3.63) is 0 Å². The van der Waals surface area contributed by atoms with Gasteiger partial charge in [0.1, 0.15) is 26.2 Å². The summed E-state index contributed by atoms with van der Waals surface area (Å²) < 4.78 is 21.2. The third kappa shape index (κ3) is 3.14. The van der Waals surface area contributed by atoms with Crippen molar-refractivity contribution in [2.24, 2.45) is 0 Å². The van der Waals surface area contributed by atoms with Crippen LogP contribution in [0.25, 0.3) is 0 Å². The Bertz CT molecular complexity index is 226. The van der Waals surface area contributed by atoms with E-state index < -0.39 is 6.00 Å². The summed E-state index contributed by atoms with van der Waals surface area (Å²) in [6, 6.07) is -0.534. The van der Waals surface area contributed by atoms with Crippen molar-refractivity contribution in [3.8, 4) is 0 Å². The molecule has 0 N–H and O–H groups in total. The first-order valence-corrected chi connectivity index (χ1v) is 5.11. The predicted molar refractivity (Wildman–Crippen MR) is 60.2 cm³/mol. The van der Waals surface area contributed by atoms with Crippen LogP contribution in [0.5, 0.6) is 0 Å². The molecule has 1 rings (SSSR count). The van der Waals surface area contributed by atoms with Gasteiger partial charge < -0.3 is 18.9 Å². The highest BCUT2D eigenvalue weighted by atomic mass is 32.1. The summed E-state index contributed by atoms with van der Waals surface area (Å²) in [7, 11) is 8.96. The van der Waals surface area contributed by atoms with Gasteiger partial charge in [0.15, 0.2) is 5.05 Å². The summed E-state index contributed by atoms with van der Waals surface area (Å²) in [4.78, 5) is 0. The van der Waals surface area contributed by atoms with Gasteiger partial charge in [0.25, 0.3) is 0 Å². The minimum absolute atomic E-state index is 0.214.